The molecule has 0 aliphatic heterocycles. The van der Waals surface area contributed by atoms with E-state index < -0.39 is 0 Å². The number of fused-ring (bicyclic) bond motifs is 1. The van der Waals surface area contributed by atoms with Gasteiger partial charge in [0.05, 0.1) is 6.54 Å². The van der Waals surface area contributed by atoms with Crippen molar-refractivity contribution < 1.29 is 0 Å². The van der Waals surface area contributed by atoms with Crippen molar-refractivity contribution >= 4 is 22.8 Å². The van der Waals surface area contributed by atoms with Crippen LogP contribution in [0.4, 0.5) is 0 Å². The summed E-state index contributed by atoms with van der Waals surface area (Å²) < 4.78 is 4.08. The van der Waals surface area contributed by atoms with Crippen molar-refractivity contribution in [1.82, 2.24) is 24.1 Å². The third-order valence-corrected chi connectivity index (χ3v) is 3.31. The van der Waals surface area contributed by atoms with E-state index in [0.29, 0.717) is 12.4 Å². The van der Waals surface area contributed by atoms with E-state index in [9.17, 15) is 0 Å². The van der Waals surface area contributed by atoms with Crippen LogP contribution in [-0.4, -0.2) is 30.0 Å². The Kier molecular flexibility index (Phi) is 3.21. The summed E-state index contributed by atoms with van der Waals surface area (Å²) in [6.45, 7) is 0.656. The molecule has 19 heavy (non-hydrogen) atoms. The maximum Gasteiger partial charge on any atom is 0.160 e. The van der Waals surface area contributed by atoms with E-state index in [2.05, 4.69) is 19.5 Å². The lowest BCUT2D eigenvalue weighted by atomic mass is 10.4. The average Bonchev–Trinajstić information content (AvgIpc) is 2.96. The first kappa shape index (κ1) is 12.2. The fourth-order valence-corrected chi connectivity index (χ4v) is 2.31. The lowest BCUT2D eigenvalue weighted by molar-refractivity contribution is 0.678. The van der Waals surface area contributed by atoms with Gasteiger partial charge in [-0.05, 0) is 12.1 Å². The molecule has 6 heteroatoms. The second-order valence-electron chi connectivity index (χ2n) is 4.35. The first-order valence-electron chi connectivity index (χ1n) is 6.12. The van der Waals surface area contributed by atoms with E-state index in [-0.39, 0.29) is 0 Å². The highest BCUT2D eigenvalue weighted by molar-refractivity contribution is 6.17. The Labute approximate surface area is 115 Å². The molecule has 0 N–H and O–H groups in total. The van der Waals surface area contributed by atoms with Gasteiger partial charge in [0.2, 0.25) is 0 Å². The normalized spacial score (nSPS) is 11.3. The molecule has 3 aromatic rings. The monoisotopic (exact) mass is 275 g/mol. The third-order valence-electron chi connectivity index (χ3n) is 3.12. The zero-order chi connectivity index (χ0) is 13.2. The zero-order valence-electron chi connectivity index (χ0n) is 10.6. The van der Waals surface area contributed by atoms with Crippen LogP contribution in [0.1, 0.15) is 11.6 Å². The Hall–Kier alpha value is -1.88. The number of aromatic nitrogens is 5. The quantitative estimate of drug-likeness (QED) is 0.684. The smallest absolute Gasteiger partial charge is 0.160 e. The summed E-state index contributed by atoms with van der Waals surface area (Å²) in [4.78, 5) is 13.4. The van der Waals surface area contributed by atoms with Gasteiger partial charge in [-0.25, -0.2) is 15.0 Å². The molecule has 0 unspecified atom stereocenters. The number of pyridine rings is 1. The van der Waals surface area contributed by atoms with Crippen molar-refractivity contribution in [1.29, 1.82) is 0 Å². The molecular formula is C13H14ClN5. The van der Waals surface area contributed by atoms with Crippen molar-refractivity contribution in [3.05, 3.63) is 42.4 Å². The van der Waals surface area contributed by atoms with Crippen LogP contribution in [0.3, 0.4) is 0 Å². The molecule has 0 saturated carbocycles. The molecule has 3 rings (SSSR count). The summed E-state index contributed by atoms with van der Waals surface area (Å²) >= 11 is 5.85. The highest BCUT2D eigenvalue weighted by Crippen LogP contribution is 2.16. The first-order valence-corrected chi connectivity index (χ1v) is 6.65. The Bertz CT molecular complexity index is 700. The standard InChI is InChI=1S/C13H14ClN5/c1-18-8-7-15-12(18)9-19-11(4-5-14)17-10-3-2-6-16-13(10)19/h2-3,6-8H,4-5,9H2,1H3. The Morgan fingerprint density at radius 3 is 2.84 bits per heavy atom. The van der Waals surface area contributed by atoms with Crippen LogP contribution in [0, 0.1) is 0 Å². The van der Waals surface area contributed by atoms with E-state index in [0.717, 1.165) is 29.2 Å². The van der Waals surface area contributed by atoms with Gasteiger partial charge in [0.15, 0.2) is 5.65 Å². The van der Waals surface area contributed by atoms with E-state index >= 15 is 0 Å². The topological polar surface area (TPSA) is 48.5 Å². The molecule has 0 amide bonds. The highest BCUT2D eigenvalue weighted by atomic mass is 35.5. The predicted molar refractivity (Wildman–Crippen MR) is 74.3 cm³/mol. The third kappa shape index (κ3) is 2.21. The minimum Gasteiger partial charge on any atom is -0.337 e. The summed E-state index contributed by atoms with van der Waals surface area (Å²) in [6.07, 6.45) is 6.23. The molecule has 0 saturated heterocycles. The largest absolute Gasteiger partial charge is 0.337 e. The van der Waals surface area contributed by atoms with Gasteiger partial charge in [-0.2, -0.15) is 0 Å². The van der Waals surface area contributed by atoms with Crippen LogP contribution >= 0.6 is 11.6 Å². The van der Waals surface area contributed by atoms with Crippen LogP contribution in [-0.2, 0) is 20.0 Å². The van der Waals surface area contributed by atoms with E-state index in [1.165, 1.54) is 0 Å². The van der Waals surface area contributed by atoms with E-state index in [1.54, 1.807) is 12.4 Å². The molecule has 3 heterocycles. The van der Waals surface area contributed by atoms with Crippen molar-refractivity contribution in [2.75, 3.05) is 5.88 Å². The minimum absolute atomic E-state index is 0.546. The molecule has 0 bridgehead atoms. The minimum atomic E-state index is 0.546. The summed E-state index contributed by atoms with van der Waals surface area (Å²) in [7, 11) is 1.98. The van der Waals surface area contributed by atoms with Crippen LogP contribution in [0.2, 0.25) is 0 Å². The molecule has 0 spiro atoms. The predicted octanol–water partition coefficient (Wildman–Crippen LogP) is 1.99. The van der Waals surface area contributed by atoms with Crippen molar-refractivity contribution in [3.63, 3.8) is 0 Å². The zero-order valence-corrected chi connectivity index (χ0v) is 11.4. The lowest BCUT2D eigenvalue weighted by Gasteiger charge is -2.07. The SMILES string of the molecule is Cn1ccnc1Cn1c(CCCl)nc2cccnc21. The Morgan fingerprint density at radius 2 is 2.11 bits per heavy atom. The molecule has 0 radical (unpaired) electrons. The molecule has 0 aromatic carbocycles. The summed E-state index contributed by atoms with van der Waals surface area (Å²) in [5.41, 5.74) is 1.78. The molecule has 3 aromatic heterocycles. The van der Waals surface area contributed by atoms with Gasteiger partial charge in [-0.3, -0.25) is 0 Å². The van der Waals surface area contributed by atoms with Gasteiger partial charge < -0.3 is 9.13 Å². The van der Waals surface area contributed by atoms with Crippen LogP contribution < -0.4 is 0 Å². The second-order valence-corrected chi connectivity index (χ2v) is 4.73. The van der Waals surface area contributed by atoms with Crippen molar-refractivity contribution in [2.45, 2.75) is 13.0 Å². The number of nitrogens with zero attached hydrogens (tertiary/aromatic N) is 5. The molecule has 0 aliphatic carbocycles. The molecule has 0 fully saturated rings. The van der Waals surface area contributed by atoms with Crippen molar-refractivity contribution in [2.24, 2.45) is 7.05 Å². The van der Waals surface area contributed by atoms with Gasteiger partial charge >= 0.3 is 0 Å². The molecular weight excluding hydrogens is 262 g/mol. The number of imidazole rings is 2. The molecule has 98 valence electrons. The number of hydrogen-bond acceptors (Lipinski definition) is 3. The number of aryl methyl sites for hydroxylation is 2. The first-order chi connectivity index (χ1) is 9.29. The number of alkyl halides is 1. The Balaban J connectivity index is 2.09. The summed E-state index contributed by atoms with van der Waals surface area (Å²) in [6, 6.07) is 3.86. The average molecular weight is 276 g/mol. The van der Waals surface area contributed by atoms with Crippen LogP contribution in [0.5, 0.6) is 0 Å². The fraction of sp³-hybridized carbons (Fsp3) is 0.308. The van der Waals surface area contributed by atoms with E-state index in [4.69, 9.17) is 11.6 Å². The maximum absolute atomic E-state index is 5.85. The van der Waals surface area contributed by atoms with Crippen LogP contribution in [0.25, 0.3) is 11.2 Å². The lowest BCUT2D eigenvalue weighted by Crippen LogP contribution is -2.10. The van der Waals surface area contributed by atoms with E-state index in [1.807, 2.05) is 29.9 Å². The summed E-state index contributed by atoms with van der Waals surface area (Å²) in [5, 5.41) is 0. The molecule has 0 aliphatic rings. The summed E-state index contributed by atoms with van der Waals surface area (Å²) in [5.74, 6) is 2.47. The van der Waals surface area contributed by atoms with Gasteiger partial charge in [0.25, 0.3) is 0 Å². The van der Waals surface area contributed by atoms with Gasteiger partial charge in [-0.1, -0.05) is 0 Å². The highest BCUT2D eigenvalue weighted by Gasteiger charge is 2.12. The van der Waals surface area contributed by atoms with Gasteiger partial charge in [0.1, 0.15) is 17.2 Å². The molecule has 0 atom stereocenters. The van der Waals surface area contributed by atoms with Crippen LogP contribution in [0.15, 0.2) is 30.7 Å². The maximum atomic E-state index is 5.85. The van der Waals surface area contributed by atoms with Gasteiger partial charge in [-0.15, -0.1) is 11.6 Å². The Morgan fingerprint density at radius 1 is 1.21 bits per heavy atom. The fourth-order valence-electron chi connectivity index (χ4n) is 2.14. The number of rotatable bonds is 4. The van der Waals surface area contributed by atoms with Gasteiger partial charge in [0, 0.05) is 37.9 Å². The molecule has 5 nitrogen and oxygen atoms in total. The number of halogens is 1. The second kappa shape index (κ2) is 5.01. The number of hydrogen-bond donors (Lipinski definition) is 0. The van der Waals surface area contributed by atoms with Crippen molar-refractivity contribution in [3.8, 4) is 0 Å².